The summed E-state index contributed by atoms with van der Waals surface area (Å²) >= 11 is 13.0. The van der Waals surface area contributed by atoms with Crippen molar-refractivity contribution in [2.45, 2.75) is 16.0 Å². The Balaban J connectivity index is 2.65. The zero-order valence-electron chi connectivity index (χ0n) is 5.46. The number of thioether (sulfide) groups is 1. The smallest absolute Gasteiger partial charge is 0.305 e. The number of halogens is 2. The third-order valence-corrected chi connectivity index (χ3v) is 3.71. The first-order chi connectivity index (χ1) is 5.04. The van der Waals surface area contributed by atoms with Crippen molar-refractivity contribution >= 4 is 40.9 Å². The van der Waals surface area contributed by atoms with E-state index in [0.717, 1.165) is 0 Å². The highest BCUT2D eigenvalue weighted by Crippen LogP contribution is 2.43. The summed E-state index contributed by atoms with van der Waals surface area (Å²) in [5.41, 5.74) is 0. The molecule has 0 aromatic heterocycles. The number of hydrogen-bond donors (Lipinski definition) is 1. The van der Waals surface area contributed by atoms with Crippen LogP contribution in [0.2, 0.25) is 0 Å². The molecule has 1 aliphatic heterocycles. The number of carboxylic acids is 1. The summed E-state index contributed by atoms with van der Waals surface area (Å²) in [4.78, 5) is 9.42. The molecule has 1 heterocycles. The van der Waals surface area contributed by atoms with Crippen LogP contribution >= 0.6 is 35.0 Å². The van der Waals surface area contributed by atoms with Gasteiger partial charge in [-0.3, -0.25) is 4.79 Å². The van der Waals surface area contributed by atoms with E-state index in [0.29, 0.717) is 0 Å². The van der Waals surface area contributed by atoms with Crippen LogP contribution in [0.25, 0.3) is 0 Å². The number of carboxylic acid groups (broad SMARTS) is 1. The number of rotatable bonds is 2. The minimum atomic E-state index is -0.933. The van der Waals surface area contributed by atoms with E-state index in [4.69, 9.17) is 28.3 Å². The van der Waals surface area contributed by atoms with Crippen LogP contribution in [-0.4, -0.2) is 20.7 Å². The molecule has 62 valence electrons. The van der Waals surface area contributed by atoms with E-state index < -0.39 is 10.8 Å². The van der Waals surface area contributed by atoms with E-state index in [1.165, 1.54) is 11.8 Å². The van der Waals surface area contributed by atoms with Crippen LogP contribution in [0.5, 0.6) is 0 Å². The third-order valence-electron chi connectivity index (χ3n) is 1.34. The van der Waals surface area contributed by atoms with Gasteiger partial charge in [0.15, 0.2) is 0 Å². The monoisotopic (exact) mass is 212 g/mol. The summed E-state index contributed by atoms with van der Waals surface area (Å²) in [6, 6.07) is 0. The van der Waals surface area contributed by atoms with Crippen molar-refractivity contribution in [1.29, 1.82) is 0 Å². The highest BCUT2D eigenvalue weighted by Gasteiger charge is 2.39. The molecule has 0 aliphatic carbocycles. The maximum Gasteiger partial charge on any atom is 0.305 e. The van der Waals surface area contributed by atoms with Gasteiger partial charge in [-0.15, -0.1) is 35.0 Å². The van der Waals surface area contributed by atoms with Gasteiger partial charge in [0.05, 0.1) is 11.3 Å². The number of alkyl halides is 2. The molecule has 5 heteroatoms. The van der Waals surface area contributed by atoms with Gasteiger partial charge in [-0.1, -0.05) is 6.08 Å². The van der Waals surface area contributed by atoms with Crippen LogP contribution in [0.3, 0.4) is 0 Å². The highest BCUT2D eigenvalue weighted by molar-refractivity contribution is 8.04. The Morgan fingerprint density at radius 1 is 1.82 bits per heavy atom. The lowest BCUT2D eigenvalue weighted by Gasteiger charge is -2.19. The number of carbonyl (C=O) groups is 1. The van der Waals surface area contributed by atoms with E-state index in [1.54, 1.807) is 11.5 Å². The Morgan fingerprint density at radius 2 is 2.45 bits per heavy atom. The summed E-state index contributed by atoms with van der Waals surface area (Å²) in [5, 5.41) is 10.2. The van der Waals surface area contributed by atoms with Gasteiger partial charge >= 0.3 is 5.97 Å². The van der Waals surface area contributed by atoms with Gasteiger partial charge in [-0.2, -0.15) is 0 Å². The minimum Gasteiger partial charge on any atom is -0.481 e. The molecule has 0 bridgehead atoms. The van der Waals surface area contributed by atoms with Gasteiger partial charge in [0.2, 0.25) is 0 Å². The van der Waals surface area contributed by atoms with Crippen molar-refractivity contribution in [1.82, 2.24) is 0 Å². The molecule has 11 heavy (non-hydrogen) atoms. The molecule has 0 amide bonds. The first-order valence-electron chi connectivity index (χ1n) is 2.92. The zero-order valence-corrected chi connectivity index (χ0v) is 7.79. The molecule has 1 N–H and O–H groups in total. The minimum absolute atomic E-state index is 0.133. The second-order valence-electron chi connectivity index (χ2n) is 2.25. The fourth-order valence-electron chi connectivity index (χ4n) is 0.781. The fourth-order valence-corrected chi connectivity index (χ4v) is 2.36. The number of allylic oxidation sites excluding steroid dienone is 1. The number of hydrogen-bond acceptors (Lipinski definition) is 2. The van der Waals surface area contributed by atoms with Gasteiger partial charge in [0.25, 0.3) is 0 Å². The van der Waals surface area contributed by atoms with Crippen LogP contribution in [-0.2, 0) is 4.79 Å². The summed E-state index contributed by atoms with van der Waals surface area (Å²) in [6.45, 7) is 0. The van der Waals surface area contributed by atoms with Crippen molar-refractivity contribution in [3.8, 4) is 0 Å². The molecule has 2 atom stereocenters. The largest absolute Gasteiger partial charge is 0.481 e. The zero-order chi connectivity index (χ0) is 8.48. The lowest BCUT2D eigenvalue weighted by molar-refractivity contribution is -0.137. The lowest BCUT2D eigenvalue weighted by atomic mass is 10.1. The van der Waals surface area contributed by atoms with Crippen molar-refractivity contribution in [2.75, 3.05) is 0 Å². The van der Waals surface area contributed by atoms with Crippen LogP contribution < -0.4 is 0 Å². The average Bonchev–Trinajstić information content (AvgIpc) is 2.11. The van der Waals surface area contributed by atoms with Crippen molar-refractivity contribution in [2.24, 2.45) is 0 Å². The van der Waals surface area contributed by atoms with E-state index in [-0.39, 0.29) is 11.1 Å². The molecular formula is C6H6Cl2O2S. The van der Waals surface area contributed by atoms with Crippen molar-refractivity contribution in [3.63, 3.8) is 0 Å². The second-order valence-corrected chi connectivity index (χ2v) is 4.67. The quantitative estimate of drug-likeness (QED) is 0.715. The molecule has 0 aromatic carbocycles. The average molecular weight is 213 g/mol. The molecule has 0 fully saturated rings. The molecule has 0 saturated carbocycles. The van der Waals surface area contributed by atoms with Gasteiger partial charge in [0.1, 0.15) is 4.71 Å². The first-order valence-corrected chi connectivity index (χ1v) is 4.68. The standard InChI is InChI=1S/C6H6Cl2O2S/c7-5-6(8,1-2-11-5)3-4(9)10/h1-2,5H,3H2,(H,9,10). The summed E-state index contributed by atoms with van der Waals surface area (Å²) in [7, 11) is 0. The number of aliphatic carboxylic acids is 1. The van der Waals surface area contributed by atoms with Gasteiger partial charge in [-0.25, -0.2) is 0 Å². The predicted octanol–water partition coefficient (Wildman–Crippen LogP) is 2.26. The van der Waals surface area contributed by atoms with E-state index in [2.05, 4.69) is 0 Å². The molecule has 0 saturated heterocycles. The first kappa shape index (κ1) is 9.23. The fraction of sp³-hybridized carbons (Fsp3) is 0.500. The van der Waals surface area contributed by atoms with Crippen LogP contribution in [0, 0.1) is 0 Å². The molecule has 0 radical (unpaired) electrons. The van der Waals surface area contributed by atoms with Crippen LogP contribution in [0.4, 0.5) is 0 Å². The molecule has 1 rings (SSSR count). The van der Waals surface area contributed by atoms with Crippen LogP contribution in [0.1, 0.15) is 6.42 Å². The van der Waals surface area contributed by atoms with E-state index in [9.17, 15) is 4.79 Å². The van der Waals surface area contributed by atoms with Crippen LogP contribution in [0.15, 0.2) is 11.5 Å². The normalized spacial score (nSPS) is 36.0. The Kier molecular flexibility index (Phi) is 2.73. The Morgan fingerprint density at radius 3 is 2.82 bits per heavy atom. The topological polar surface area (TPSA) is 37.3 Å². The molecule has 2 nitrogen and oxygen atoms in total. The molecule has 0 spiro atoms. The molecule has 0 aromatic rings. The second kappa shape index (κ2) is 3.25. The van der Waals surface area contributed by atoms with Gasteiger partial charge < -0.3 is 5.11 Å². The lowest BCUT2D eigenvalue weighted by Crippen LogP contribution is -2.28. The molecule has 1 aliphatic rings. The summed E-state index contributed by atoms with van der Waals surface area (Å²) in [5.74, 6) is -0.933. The Hall–Kier alpha value is 0.140. The Bertz CT molecular complexity index is 207. The van der Waals surface area contributed by atoms with E-state index in [1.807, 2.05) is 0 Å². The SMILES string of the molecule is O=C(O)CC1(Cl)C=CSC1Cl. The predicted molar refractivity (Wildman–Crippen MR) is 47.2 cm³/mol. The van der Waals surface area contributed by atoms with Crippen molar-refractivity contribution in [3.05, 3.63) is 11.5 Å². The van der Waals surface area contributed by atoms with Crippen molar-refractivity contribution < 1.29 is 9.90 Å². The summed E-state index contributed by atoms with van der Waals surface area (Å²) in [6.07, 6.45) is 1.50. The van der Waals surface area contributed by atoms with Gasteiger partial charge in [0, 0.05) is 0 Å². The molecular weight excluding hydrogens is 207 g/mol. The maximum absolute atomic E-state index is 10.3. The van der Waals surface area contributed by atoms with Gasteiger partial charge in [-0.05, 0) is 5.41 Å². The molecule has 2 unspecified atom stereocenters. The Labute approximate surface area is 78.6 Å². The third kappa shape index (κ3) is 2.04. The highest BCUT2D eigenvalue weighted by atomic mass is 35.5. The summed E-state index contributed by atoms with van der Waals surface area (Å²) < 4.78 is -0.375. The van der Waals surface area contributed by atoms with E-state index >= 15 is 0 Å². The maximum atomic E-state index is 10.3.